The Morgan fingerprint density at radius 1 is 1.33 bits per heavy atom. The lowest BCUT2D eigenvalue weighted by atomic mass is 10.2. The maximum absolute atomic E-state index is 12.7. The summed E-state index contributed by atoms with van der Waals surface area (Å²) in [4.78, 5) is 1.14. The highest BCUT2D eigenvalue weighted by atomic mass is 35.5. The molecule has 1 N–H and O–H groups in total. The minimum absolute atomic E-state index is 0.149. The molecule has 0 saturated carbocycles. The van der Waals surface area contributed by atoms with Gasteiger partial charge in [-0.1, -0.05) is 23.7 Å². The Balaban J connectivity index is 2.31. The first kappa shape index (κ1) is 16.5. The van der Waals surface area contributed by atoms with Crippen molar-refractivity contribution < 1.29 is 8.42 Å². The van der Waals surface area contributed by atoms with Gasteiger partial charge in [0.1, 0.15) is 4.90 Å². The molecule has 0 aliphatic heterocycles. The minimum Gasteiger partial charge on any atom is -0.316 e. The number of rotatable bonds is 6. The number of thiophene rings is 1. The molecule has 0 saturated heterocycles. The van der Waals surface area contributed by atoms with Crippen molar-refractivity contribution in [2.45, 2.75) is 18.0 Å². The molecule has 0 atom stereocenters. The second-order valence-corrected chi connectivity index (χ2v) is 8.09. The highest BCUT2D eigenvalue weighted by molar-refractivity contribution is 7.89. The van der Waals surface area contributed by atoms with Crippen LogP contribution in [-0.4, -0.2) is 26.8 Å². The molecular formula is C14H17ClN2O2S2. The number of hydrogen-bond donors (Lipinski definition) is 1. The summed E-state index contributed by atoms with van der Waals surface area (Å²) in [5, 5.41) is 5.17. The van der Waals surface area contributed by atoms with E-state index < -0.39 is 10.0 Å². The summed E-state index contributed by atoms with van der Waals surface area (Å²) in [6, 6.07) is 8.88. The largest absolute Gasteiger partial charge is 0.316 e. The fourth-order valence-electron chi connectivity index (χ4n) is 1.93. The molecule has 0 amide bonds. The Hall–Kier alpha value is -0.920. The zero-order valence-electron chi connectivity index (χ0n) is 11.8. The number of hydrogen-bond acceptors (Lipinski definition) is 4. The highest BCUT2D eigenvalue weighted by Gasteiger charge is 2.24. The topological polar surface area (TPSA) is 49.4 Å². The van der Waals surface area contributed by atoms with E-state index >= 15 is 0 Å². The van der Waals surface area contributed by atoms with Crippen molar-refractivity contribution in [3.05, 3.63) is 51.2 Å². The fraction of sp³-hybridized carbons (Fsp3) is 0.286. The van der Waals surface area contributed by atoms with Crippen LogP contribution in [0.3, 0.4) is 0 Å². The van der Waals surface area contributed by atoms with E-state index in [0.717, 1.165) is 10.4 Å². The Morgan fingerprint density at radius 3 is 2.71 bits per heavy atom. The van der Waals surface area contributed by atoms with Crippen LogP contribution in [0.4, 0.5) is 0 Å². The van der Waals surface area contributed by atoms with Crippen molar-refractivity contribution >= 4 is 33.0 Å². The standard InChI is InChI=1S/C14H17ClN2O2S2/c1-16-9-11-5-6-13(15)14(8-11)21(18,19)17(2)10-12-4-3-7-20-12/h3-8,16H,9-10H2,1-2H3. The van der Waals surface area contributed by atoms with Crippen molar-refractivity contribution in [3.8, 4) is 0 Å². The number of halogens is 1. The van der Waals surface area contributed by atoms with Gasteiger partial charge in [-0.3, -0.25) is 0 Å². The third kappa shape index (κ3) is 3.84. The molecule has 0 aliphatic carbocycles. The molecule has 0 unspecified atom stereocenters. The van der Waals surface area contributed by atoms with Gasteiger partial charge in [0, 0.05) is 25.0 Å². The molecule has 0 radical (unpaired) electrons. The van der Waals surface area contributed by atoms with E-state index in [0.29, 0.717) is 13.1 Å². The highest BCUT2D eigenvalue weighted by Crippen LogP contribution is 2.26. The van der Waals surface area contributed by atoms with Crippen LogP contribution in [0.2, 0.25) is 5.02 Å². The van der Waals surface area contributed by atoms with Gasteiger partial charge in [-0.2, -0.15) is 4.31 Å². The van der Waals surface area contributed by atoms with E-state index in [1.165, 1.54) is 15.6 Å². The van der Waals surface area contributed by atoms with Crippen LogP contribution in [-0.2, 0) is 23.1 Å². The van der Waals surface area contributed by atoms with Gasteiger partial charge in [-0.25, -0.2) is 8.42 Å². The average Bonchev–Trinajstić information content (AvgIpc) is 2.94. The summed E-state index contributed by atoms with van der Waals surface area (Å²) >= 11 is 7.61. The molecule has 2 rings (SSSR count). The first-order valence-electron chi connectivity index (χ1n) is 6.37. The molecule has 1 heterocycles. The monoisotopic (exact) mass is 344 g/mol. The van der Waals surface area contributed by atoms with Crippen molar-refractivity contribution in [2.24, 2.45) is 0 Å². The van der Waals surface area contributed by atoms with Crippen LogP contribution in [0.15, 0.2) is 40.6 Å². The van der Waals surface area contributed by atoms with Crippen LogP contribution in [0, 0.1) is 0 Å². The molecule has 1 aromatic heterocycles. The lowest BCUT2D eigenvalue weighted by molar-refractivity contribution is 0.469. The summed E-state index contributed by atoms with van der Waals surface area (Å²) in [5.74, 6) is 0. The van der Waals surface area contributed by atoms with Crippen molar-refractivity contribution in [3.63, 3.8) is 0 Å². The van der Waals surface area contributed by atoms with E-state index in [9.17, 15) is 8.42 Å². The van der Waals surface area contributed by atoms with Gasteiger partial charge in [-0.05, 0) is 36.2 Å². The zero-order chi connectivity index (χ0) is 15.5. The van der Waals surface area contributed by atoms with E-state index in [-0.39, 0.29) is 9.92 Å². The normalized spacial score (nSPS) is 12.0. The summed E-state index contributed by atoms with van der Waals surface area (Å²) in [6.07, 6.45) is 0. The molecule has 2 aromatic rings. The average molecular weight is 345 g/mol. The van der Waals surface area contributed by atoms with Gasteiger partial charge >= 0.3 is 0 Å². The van der Waals surface area contributed by atoms with Gasteiger partial charge in [0.25, 0.3) is 0 Å². The van der Waals surface area contributed by atoms with Crippen molar-refractivity contribution in [1.82, 2.24) is 9.62 Å². The SMILES string of the molecule is CNCc1ccc(Cl)c(S(=O)(=O)N(C)Cc2cccs2)c1. The summed E-state index contributed by atoms with van der Waals surface area (Å²) in [7, 11) is -0.229. The summed E-state index contributed by atoms with van der Waals surface area (Å²) in [6.45, 7) is 0.931. The van der Waals surface area contributed by atoms with Crippen LogP contribution < -0.4 is 5.32 Å². The minimum atomic E-state index is -3.61. The Morgan fingerprint density at radius 2 is 2.10 bits per heavy atom. The van der Waals surface area contributed by atoms with Gasteiger partial charge in [0.2, 0.25) is 10.0 Å². The third-order valence-corrected chi connectivity index (χ3v) is 6.17. The molecule has 114 valence electrons. The van der Waals surface area contributed by atoms with Gasteiger partial charge in [0.15, 0.2) is 0 Å². The second-order valence-electron chi connectivity index (χ2n) is 4.64. The third-order valence-electron chi connectivity index (χ3n) is 3.02. The molecule has 0 aliphatic rings. The molecule has 0 fully saturated rings. The van der Waals surface area contributed by atoms with Crippen LogP contribution >= 0.6 is 22.9 Å². The predicted molar refractivity (Wildman–Crippen MR) is 87.2 cm³/mol. The number of benzene rings is 1. The van der Waals surface area contributed by atoms with Crippen LogP contribution in [0.1, 0.15) is 10.4 Å². The van der Waals surface area contributed by atoms with Crippen molar-refractivity contribution in [1.29, 1.82) is 0 Å². The number of nitrogens with one attached hydrogen (secondary N) is 1. The lowest BCUT2D eigenvalue weighted by Gasteiger charge is -2.18. The fourth-order valence-corrected chi connectivity index (χ4v) is 4.44. The summed E-state index contributed by atoms with van der Waals surface area (Å²) < 4.78 is 26.6. The predicted octanol–water partition coefficient (Wildman–Crippen LogP) is 2.94. The molecule has 1 aromatic carbocycles. The number of nitrogens with zero attached hydrogens (tertiary/aromatic N) is 1. The maximum atomic E-state index is 12.7. The molecule has 0 spiro atoms. The quantitative estimate of drug-likeness (QED) is 0.876. The lowest BCUT2D eigenvalue weighted by Crippen LogP contribution is -2.26. The maximum Gasteiger partial charge on any atom is 0.244 e. The van der Waals surface area contributed by atoms with E-state index in [1.54, 1.807) is 19.2 Å². The molecule has 7 heteroatoms. The van der Waals surface area contributed by atoms with E-state index in [4.69, 9.17) is 11.6 Å². The first-order chi connectivity index (χ1) is 9.95. The van der Waals surface area contributed by atoms with E-state index in [2.05, 4.69) is 5.32 Å². The molecular weight excluding hydrogens is 328 g/mol. The first-order valence-corrected chi connectivity index (χ1v) is 9.06. The summed E-state index contributed by atoms with van der Waals surface area (Å²) in [5.41, 5.74) is 0.880. The molecule has 4 nitrogen and oxygen atoms in total. The van der Waals surface area contributed by atoms with Crippen molar-refractivity contribution in [2.75, 3.05) is 14.1 Å². The Bertz CT molecular complexity index is 700. The van der Waals surface area contributed by atoms with Gasteiger partial charge in [-0.15, -0.1) is 11.3 Å². The van der Waals surface area contributed by atoms with Gasteiger partial charge < -0.3 is 5.32 Å². The Kier molecular flexibility index (Phi) is 5.40. The zero-order valence-corrected chi connectivity index (χ0v) is 14.2. The second kappa shape index (κ2) is 6.89. The van der Waals surface area contributed by atoms with Crippen LogP contribution in [0.5, 0.6) is 0 Å². The van der Waals surface area contributed by atoms with Crippen LogP contribution in [0.25, 0.3) is 0 Å². The van der Waals surface area contributed by atoms with E-state index in [1.807, 2.05) is 30.6 Å². The smallest absolute Gasteiger partial charge is 0.244 e. The molecule has 0 bridgehead atoms. The number of sulfonamides is 1. The molecule has 21 heavy (non-hydrogen) atoms. The Labute approximate surface area is 134 Å². The van der Waals surface area contributed by atoms with Gasteiger partial charge in [0.05, 0.1) is 5.02 Å².